The van der Waals surface area contributed by atoms with Crippen LogP contribution in [0, 0.1) is 0 Å². The number of carboxylic acids is 1. The minimum atomic E-state index is -0.903. The van der Waals surface area contributed by atoms with Crippen molar-refractivity contribution in [3.63, 3.8) is 0 Å². The van der Waals surface area contributed by atoms with Crippen LogP contribution in [-0.4, -0.2) is 11.1 Å². The van der Waals surface area contributed by atoms with E-state index in [1.54, 1.807) is 12.3 Å². The Bertz CT molecular complexity index is 181. The maximum Gasteiger partial charge on any atom is 0.351 e. The molecule has 48 valence electrons. The second kappa shape index (κ2) is 2.35. The first-order valence-electron chi connectivity index (χ1n) is 2.65. The van der Waals surface area contributed by atoms with Gasteiger partial charge in [0.15, 0.2) is 0 Å². The zero-order chi connectivity index (χ0) is 6.69. The minimum absolute atomic E-state index is 0.262. The molecule has 0 saturated heterocycles. The third-order valence-corrected chi connectivity index (χ3v) is 1.05. The summed E-state index contributed by atoms with van der Waals surface area (Å²) in [5.74, 6) is -0.903. The Morgan fingerprint density at radius 1 is 1.78 bits per heavy atom. The number of carboxylic acid groups (broad SMARTS) is 1. The summed E-state index contributed by atoms with van der Waals surface area (Å²) < 4.78 is 0. The summed E-state index contributed by atoms with van der Waals surface area (Å²) >= 11 is 0. The molecule has 0 fully saturated rings. The van der Waals surface area contributed by atoms with Crippen molar-refractivity contribution in [2.24, 2.45) is 0 Å². The number of carbonyl (C=O) groups is 1. The van der Waals surface area contributed by atoms with Crippen molar-refractivity contribution in [2.45, 2.75) is 6.42 Å². The van der Waals surface area contributed by atoms with Crippen LogP contribution in [0.2, 0.25) is 0 Å². The lowest BCUT2D eigenvalue weighted by Crippen LogP contribution is -2.16. The molecule has 2 N–H and O–H groups in total. The summed E-state index contributed by atoms with van der Waals surface area (Å²) in [6.07, 6.45) is 5.81. The van der Waals surface area contributed by atoms with E-state index in [2.05, 4.69) is 5.32 Å². The van der Waals surface area contributed by atoms with Gasteiger partial charge in [-0.05, 0) is 18.7 Å². The van der Waals surface area contributed by atoms with Gasteiger partial charge in [0.2, 0.25) is 0 Å². The Labute approximate surface area is 52.7 Å². The molecule has 0 amide bonds. The fraction of sp³-hybridized carbons (Fsp3) is 0.167. The molecule has 3 nitrogen and oxygen atoms in total. The van der Waals surface area contributed by atoms with Gasteiger partial charge in [0.05, 0.1) is 0 Å². The zero-order valence-electron chi connectivity index (χ0n) is 4.79. The SMILES string of the molecule is O=C(O)C1=CCC=CN1. The third-order valence-electron chi connectivity index (χ3n) is 1.05. The number of hydrogen-bond donors (Lipinski definition) is 2. The van der Waals surface area contributed by atoms with Crippen molar-refractivity contribution in [3.05, 3.63) is 24.0 Å². The van der Waals surface area contributed by atoms with E-state index in [0.29, 0.717) is 6.42 Å². The molecular weight excluding hydrogens is 118 g/mol. The maximum atomic E-state index is 10.2. The quantitative estimate of drug-likeness (QED) is 0.535. The van der Waals surface area contributed by atoms with Crippen LogP contribution in [0.25, 0.3) is 0 Å². The molecule has 0 bridgehead atoms. The van der Waals surface area contributed by atoms with E-state index in [1.165, 1.54) is 0 Å². The van der Waals surface area contributed by atoms with Gasteiger partial charge in [-0.15, -0.1) is 0 Å². The van der Waals surface area contributed by atoms with Crippen molar-refractivity contribution in [3.8, 4) is 0 Å². The van der Waals surface area contributed by atoms with Crippen molar-refractivity contribution in [1.82, 2.24) is 5.32 Å². The van der Waals surface area contributed by atoms with E-state index >= 15 is 0 Å². The van der Waals surface area contributed by atoms with Crippen LogP contribution >= 0.6 is 0 Å². The van der Waals surface area contributed by atoms with Gasteiger partial charge in [0.25, 0.3) is 0 Å². The van der Waals surface area contributed by atoms with Crippen LogP contribution < -0.4 is 5.32 Å². The van der Waals surface area contributed by atoms with Crippen LogP contribution in [0.4, 0.5) is 0 Å². The highest BCUT2D eigenvalue weighted by molar-refractivity contribution is 5.86. The highest BCUT2D eigenvalue weighted by Gasteiger charge is 2.04. The average molecular weight is 125 g/mol. The topological polar surface area (TPSA) is 49.3 Å². The van der Waals surface area contributed by atoms with Crippen molar-refractivity contribution in [2.75, 3.05) is 0 Å². The van der Waals surface area contributed by atoms with Gasteiger partial charge in [0.1, 0.15) is 5.70 Å². The third kappa shape index (κ3) is 1.32. The van der Waals surface area contributed by atoms with Crippen LogP contribution in [0.15, 0.2) is 24.0 Å². The summed E-state index contributed by atoms with van der Waals surface area (Å²) in [7, 11) is 0. The zero-order valence-corrected chi connectivity index (χ0v) is 4.79. The molecular formula is C6H7NO2. The highest BCUT2D eigenvalue weighted by atomic mass is 16.4. The smallest absolute Gasteiger partial charge is 0.351 e. The van der Waals surface area contributed by atoms with Gasteiger partial charge < -0.3 is 10.4 Å². The van der Waals surface area contributed by atoms with Crippen LogP contribution in [0.3, 0.4) is 0 Å². The van der Waals surface area contributed by atoms with Crippen LogP contribution in [0.5, 0.6) is 0 Å². The van der Waals surface area contributed by atoms with Crippen molar-refractivity contribution in [1.29, 1.82) is 0 Å². The first kappa shape index (κ1) is 5.88. The van der Waals surface area contributed by atoms with Gasteiger partial charge in [-0.3, -0.25) is 0 Å². The van der Waals surface area contributed by atoms with E-state index < -0.39 is 5.97 Å². The molecule has 0 aliphatic carbocycles. The minimum Gasteiger partial charge on any atom is -0.477 e. The average Bonchev–Trinajstić information content (AvgIpc) is 1.90. The van der Waals surface area contributed by atoms with E-state index in [1.807, 2.05) is 6.08 Å². The van der Waals surface area contributed by atoms with Gasteiger partial charge in [-0.25, -0.2) is 4.79 Å². The molecule has 9 heavy (non-hydrogen) atoms. The summed E-state index contributed by atoms with van der Waals surface area (Å²) in [5.41, 5.74) is 0.262. The summed E-state index contributed by atoms with van der Waals surface area (Å²) in [4.78, 5) is 10.2. The fourth-order valence-electron chi connectivity index (χ4n) is 0.611. The first-order valence-corrected chi connectivity index (χ1v) is 2.65. The predicted octanol–water partition coefficient (Wildman–Crippen LogP) is 0.462. The maximum absolute atomic E-state index is 10.2. The number of allylic oxidation sites excluding steroid dienone is 2. The Morgan fingerprint density at radius 3 is 2.89 bits per heavy atom. The molecule has 1 heterocycles. The van der Waals surface area contributed by atoms with E-state index in [9.17, 15) is 4.79 Å². The lowest BCUT2D eigenvalue weighted by Gasteiger charge is -2.03. The fourth-order valence-corrected chi connectivity index (χ4v) is 0.611. The number of nitrogens with one attached hydrogen (secondary N) is 1. The highest BCUT2D eigenvalue weighted by Crippen LogP contribution is 1.98. The molecule has 0 spiro atoms. The van der Waals surface area contributed by atoms with Gasteiger partial charge in [0, 0.05) is 0 Å². The monoisotopic (exact) mass is 125 g/mol. The predicted molar refractivity (Wildman–Crippen MR) is 32.6 cm³/mol. The summed E-state index contributed by atoms with van der Waals surface area (Å²) in [6.45, 7) is 0. The molecule has 0 radical (unpaired) electrons. The number of aliphatic carboxylic acids is 1. The lowest BCUT2D eigenvalue weighted by atomic mass is 10.3. The molecule has 0 saturated carbocycles. The molecule has 1 aliphatic rings. The Kier molecular flexibility index (Phi) is 1.53. The standard InChI is InChI=1S/C6H7NO2/c8-6(9)5-3-1-2-4-7-5/h2-4,7H,1H2,(H,8,9). The Hall–Kier alpha value is -1.25. The largest absolute Gasteiger partial charge is 0.477 e. The van der Waals surface area contributed by atoms with E-state index in [-0.39, 0.29) is 5.70 Å². The van der Waals surface area contributed by atoms with E-state index in [4.69, 9.17) is 5.11 Å². The molecule has 1 rings (SSSR count). The van der Waals surface area contributed by atoms with Gasteiger partial charge in [-0.2, -0.15) is 0 Å². The van der Waals surface area contributed by atoms with Gasteiger partial charge >= 0.3 is 5.97 Å². The number of dihydropyridines is 1. The van der Waals surface area contributed by atoms with Crippen LogP contribution in [-0.2, 0) is 4.79 Å². The second-order valence-corrected chi connectivity index (χ2v) is 1.71. The number of rotatable bonds is 1. The Morgan fingerprint density at radius 2 is 2.56 bits per heavy atom. The molecule has 0 unspecified atom stereocenters. The van der Waals surface area contributed by atoms with Crippen LogP contribution in [0.1, 0.15) is 6.42 Å². The van der Waals surface area contributed by atoms with Crippen molar-refractivity contribution >= 4 is 5.97 Å². The van der Waals surface area contributed by atoms with Crippen molar-refractivity contribution < 1.29 is 9.90 Å². The molecule has 1 aliphatic heterocycles. The normalized spacial score (nSPS) is 16.2. The Balaban J connectivity index is 2.61. The molecule has 0 aromatic heterocycles. The second-order valence-electron chi connectivity index (χ2n) is 1.71. The van der Waals surface area contributed by atoms with Gasteiger partial charge in [-0.1, -0.05) is 6.08 Å². The summed E-state index contributed by atoms with van der Waals surface area (Å²) in [5, 5.41) is 11.0. The molecule has 0 aromatic rings. The molecule has 3 heteroatoms. The lowest BCUT2D eigenvalue weighted by molar-refractivity contribution is -0.133. The number of hydrogen-bond acceptors (Lipinski definition) is 2. The van der Waals surface area contributed by atoms with E-state index in [0.717, 1.165) is 0 Å². The molecule has 0 atom stereocenters. The first-order chi connectivity index (χ1) is 4.30. The summed E-state index contributed by atoms with van der Waals surface area (Å²) in [6, 6.07) is 0. The molecule has 0 aromatic carbocycles.